The maximum Gasteiger partial charge on any atom is 0.311 e. The smallest absolute Gasteiger partial charge is 0.311 e. The Balaban J connectivity index is 1.48. The second-order valence-corrected chi connectivity index (χ2v) is 7.69. The predicted octanol–water partition coefficient (Wildman–Crippen LogP) is 2.29. The first kappa shape index (κ1) is 22.0. The molecule has 3 rings (SSSR count). The van der Waals surface area contributed by atoms with E-state index in [4.69, 9.17) is 4.74 Å². The Morgan fingerprint density at radius 1 is 1.03 bits per heavy atom. The number of benzene rings is 2. The van der Waals surface area contributed by atoms with Gasteiger partial charge in [-0.05, 0) is 44.5 Å². The molecule has 1 aliphatic rings. The van der Waals surface area contributed by atoms with Crippen LogP contribution in [0.1, 0.15) is 33.5 Å². The average molecular weight is 423 g/mol. The summed E-state index contributed by atoms with van der Waals surface area (Å²) in [4.78, 5) is 48.9. The van der Waals surface area contributed by atoms with Gasteiger partial charge in [0, 0.05) is 17.7 Å². The van der Waals surface area contributed by atoms with Crippen LogP contribution in [-0.4, -0.2) is 41.9 Å². The van der Waals surface area contributed by atoms with Gasteiger partial charge in [-0.3, -0.25) is 29.6 Å². The number of nitrogens with one attached hydrogen (secondary N) is 2. The van der Waals surface area contributed by atoms with Crippen LogP contribution in [0.5, 0.6) is 0 Å². The Morgan fingerprint density at radius 3 is 2.39 bits per heavy atom. The van der Waals surface area contributed by atoms with Crippen molar-refractivity contribution in [1.82, 2.24) is 10.4 Å². The van der Waals surface area contributed by atoms with Gasteiger partial charge in [-0.25, -0.2) is 0 Å². The van der Waals surface area contributed by atoms with Gasteiger partial charge in [0.25, 0.3) is 11.8 Å². The Morgan fingerprint density at radius 2 is 1.71 bits per heavy atom. The summed E-state index contributed by atoms with van der Waals surface area (Å²) in [6.45, 7) is 5.28. The fraction of sp³-hybridized carbons (Fsp3) is 0.304. The van der Waals surface area contributed by atoms with Crippen LogP contribution in [0.4, 0.5) is 5.69 Å². The lowest BCUT2D eigenvalue weighted by atomic mass is 10.1. The van der Waals surface area contributed by atoms with Crippen LogP contribution in [0, 0.1) is 26.7 Å². The van der Waals surface area contributed by atoms with E-state index in [1.54, 1.807) is 30.3 Å². The molecule has 1 heterocycles. The summed E-state index contributed by atoms with van der Waals surface area (Å²) in [5, 5.41) is 3.81. The number of anilines is 1. The molecule has 1 saturated heterocycles. The molecular weight excluding hydrogens is 398 g/mol. The van der Waals surface area contributed by atoms with Crippen molar-refractivity contribution in [3.05, 3.63) is 64.7 Å². The van der Waals surface area contributed by atoms with Gasteiger partial charge in [-0.2, -0.15) is 0 Å². The van der Waals surface area contributed by atoms with E-state index in [2.05, 4.69) is 10.7 Å². The molecule has 0 radical (unpaired) electrons. The third kappa shape index (κ3) is 5.69. The van der Waals surface area contributed by atoms with Gasteiger partial charge in [0.05, 0.1) is 12.5 Å². The zero-order valence-electron chi connectivity index (χ0n) is 17.7. The highest BCUT2D eigenvalue weighted by atomic mass is 16.5. The van der Waals surface area contributed by atoms with Crippen LogP contribution in [0.25, 0.3) is 0 Å². The molecule has 8 heteroatoms. The first-order valence-electron chi connectivity index (χ1n) is 9.94. The van der Waals surface area contributed by atoms with Gasteiger partial charge in [0.15, 0.2) is 6.61 Å². The van der Waals surface area contributed by atoms with E-state index >= 15 is 0 Å². The van der Waals surface area contributed by atoms with Gasteiger partial charge in [0.1, 0.15) is 0 Å². The van der Waals surface area contributed by atoms with Crippen LogP contribution in [0.15, 0.2) is 42.5 Å². The second-order valence-electron chi connectivity index (χ2n) is 7.69. The number of carbonyl (C=O) groups is 4. The largest absolute Gasteiger partial charge is 0.455 e. The molecular formula is C23H25N3O5. The van der Waals surface area contributed by atoms with E-state index < -0.39 is 30.3 Å². The SMILES string of the molecule is Cc1ccc(C(=O)NN2C[C@H](C(=O)OCC(=O)Nc3ccc(C)cc3C)CC2=O)cc1. The van der Waals surface area contributed by atoms with Crippen LogP contribution < -0.4 is 10.7 Å². The Labute approximate surface area is 180 Å². The highest BCUT2D eigenvalue weighted by Gasteiger charge is 2.36. The summed E-state index contributed by atoms with van der Waals surface area (Å²) in [6, 6.07) is 12.5. The van der Waals surface area contributed by atoms with E-state index in [1.807, 2.05) is 32.9 Å². The number of carbonyl (C=O) groups excluding carboxylic acids is 4. The second kappa shape index (κ2) is 9.42. The molecule has 1 atom stereocenters. The van der Waals surface area contributed by atoms with Crippen molar-refractivity contribution in [2.45, 2.75) is 27.2 Å². The number of hydrogen-bond acceptors (Lipinski definition) is 5. The van der Waals surface area contributed by atoms with E-state index in [1.165, 1.54) is 0 Å². The normalized spacial score (nSPS) is 15.5. The topological polar surface area (TPSA) is 105 Å². The molecule has 8 nitrogen and oxygen atoms in total. The summed E-state index contributed by atoms with van der Waals surface area (Å²) in [6.07, 6.45) is -0.0916. The number of esters is 1. The van der Waals surface area contributed by atoms with Gasteiger partial charge < -0.3 is 10.1 Å². The quantitative estimate of drug-likeness (QED) is 0.694. The van der Waals surface area contributed by atoms with Gasteiger partial charge in [0.2, 0.25) is 5.91 Å². The molecule has 1 fully saturated rings. The first-order chi connectivity index (χ1) is 14.7. The van der Waals surface area contributed by atoms with Crippen molar-refractivity contribution in [3.8, 4) is 0 Å². The minimum absolute atomic E-state index is 0.00599. The standard InChI is InChI=1S/C23H25N3O5/c1-14-4-7-17(8-5-14)22(29)25-26-12-18(11-21(26)28)23(30)31-13-20(27)24-19-9-6-15(2)10-16(19)3/h4-10,18H,11-13H2,1-3H3,(H,24,27)(H,25,29)/t18-/m1/s1. The van der Waals surface area contributed by atoms with E-state index in [9.17, 15) is 19.2 Å². The lowest BCUT2D eigenvalue weighted by molar-refractivity contribution is -0.151. The van der Waals surface area contributed by atoms with Crippen LogP contribution in [0.3, 0.4) is 0 Å². The highest BCUT2D eigenvalue weighted by Crippen LogP contribution is 2.19. The minimum Gasteiger partial charge on any atom is -0.455 e. The number of nitrogens with zero attached hydrogens (tertiary/aromatic N) is 1. The number of rotatable bonds is 6. The molecule has 0 unspecified atom stereocenters. The minimum atomic E-state index is -0.750. The number of hydrogen-bond donors (Lipinski definition) is 2. The molecule has 0 bridgehead atoms. The van der Waals surface area contributed by atoms with Gasteiger partial charge in [-0.1, -0.05) is 35.4 Å². The number of ether oxygens (including phenoxy) is 1. The van der Waals surface area contributed by atoms with Crippen molar-refractivity contribution in [1.29, 1.82) is 0 Å². The van der Waals surface area contributed by atoms with Crippen molar-refractivity contribution in [2.24, 2.45) is 5.92 Å². The molecule has 0 spiro atoms. The van der Waals surface area contributed by atoms with Crippen LogP contribution >= 0.6 is 0 Å². The fourth-order valence-corrected chi connectivity index (χ4v) is 3.26. The molecule has 0 saturated carbocycles. The van der Waals surface area contributed by atoms with E-state index in [0.29, 0.717) is 11.3 Å². The molecule has 1 aliphatic heterocycles. The molecule has 0 aromatic heterocycles. The lowest BCUT2D eigenvalue weighted by Gasteiger charge is -2.17. The maximum absolute atomic E-state index is 12.3. The summed E-state index contributed by atoms with van der Waals surface area (Å²) < 4.78 is 5.08. The fourth-order valence-electron chi connectivity index (χ4n) is 3.26. The monoisotopic (exact) mass is 423 g/mol. The van der Waals surface area contributed by atoms with Crippen LogP contribution in [-0.2, 0) is 19.1 Å². The van der Waals surface area contributed by atoms with Crippen molar-refractivity contribution >= 4 is 29.4 Å². The number of aryl methyl sites for hydroxylation is 3. The number of amides is 3. The van der Waals surface area contributed by atoms with E-state index in [0.717, 1.165) is 21.7 Å². The summed E-state index contributed by atoms with van der Waals surface area (Å²) in [7, 11) is 0. The highest BCUT2D eigenvalue weighted by molar-refractivity contribution is 5.97. The molecule has 2 aromatic carbocycles. The Bertz CT molecular complexity index is 1020. The molecule has 0 aliphatic carbocycles. The number of hydrazine groups is 1. The predicted molar refractivity (Wildman–Crippen MR) is 114 cm³/mol. The average Bonchev–Trinajstić information content (AvgIpc) is 3.09. The van der Waals surface area contributed by atoms with Gasteiger partial charge in [-0.15, -0.1) is 0 Å². The zero-order valence-corrected chi connectivity index (χ0v) is 17.7. The van der Waals surface area contributed by atoms with Crippen molar-refractivity contribution < 1.29 is 23.9 Å². The molecule has 162 valence electrons. The Kier molecular flexibility index (Phi) is 6.69. The first-order valence-corrected chi connectivity index (χ1v) is 9.94. The molecule has 31 heavy (non-hydrogen) atoms. The zero-order chi connectivity index (χ0) is 22.5. The van der Waals surface area contributed by atoms with Crippen LogP contribution in [0.2, 0.25) is 0 Å². The third-order valence-electron chi connectivity index (χ3n) is 5.01. The third-order valence-corrected chi connectivity index (χ3v) is 5.01. The maximum atomic E-state index is 12.3. The van der Waals surface area contributed by atoms with Gasteiger partial charge >= 0.3 is 5.97 Å². The molecule has 3 amide bonds. The van der Waals surface area contributed by atoms with E-state index in [-0.39, 0.29) is 18.9 Å². The molecule has 2 N–H and O–H groups in total. The lowest BCUT2D eigenvalue weighted by Crippen LogP contribution is -2.43. The van der Waals surface area contributed by atoms with Crippen molar-refractivity contribution in [3.63, 3.8) is 0 Å². The van der Waals surface area contributed by atoms with Crippen molar-refractivity contribution in [2.75, 3.05) is 18.5 Å². The Hall–Kier alpha value is -3.68. The summed E-state index contributed by atoms with van der Waals surface area (Å²) >= 11 is 0. The summed E-state index contributed by atoms with van der Waals surface area (Å²) in [5.41, 5.74) is 6.56. The summed E-state index contributed by atoms with van der Waals surface area (Å²) in [5.74, 6) is -2.69. The molecule has 2 aromatic rings.